The summed E-state index contributed by atoms with van der Waals surface area (Å²) in [5, 5.41) is 2.74. The van der Waals surface area contributed by atoms with Gasteiger partial charge in [-0.1, -0.05) is 43.7 Å². The third kappa shape index (κ3) is 5.93. The van der Waals surface area contributed by atoms with Crippen molar-refractivity contribution in [1.29, 1.82) is 0 Å². The molecule has 166 valence electrons. The van der Waals surface area contributed by atoms with Crippen LogP contribution in [0.1, 0.15) is 41.2 Å². The molecule has 1 aromatic heterocycles. The fourth-order valence-corrected chi connectivity index (χ4v) is 5.47. The minimum Gasteiger partial charge on any atom is -0.486 e. The molecule has 1 heterocycles. The second-order valence-electron chi connectivity index (χ2n) is 8.22. The quantitative estimate of drug-likeness (QED) is 0.425. The molecule has 0 amide bonds. The highest BCUT2D eigenvalue weighted by Crippen LogP contribution is 2.24. The van der Waals surface area contributed by atoms with E-state index in [2.05, 4.69) is 18.0 Å². The van der Waals surface area contributed by atoms with Crippen molar-refractivity contribution in [2.24, 2.45) is 5.92 Å². The van der Waals surface area contributed by atoms with Crippen molar-refractivity contribution < 1.29 is 13.2 Å². The fraction of sp³-hybridized carbons (Fsp3) is 0.375. The van der Waals surface area contributed by atoms with Gasteiger partial charge in [0.05, 0.1) is 17.1 Å². The first-order valence-corrected chi connectivity index (χ1v) is 12.7. The lowest BCUT2D eigenvalue weighted by atomic mass is 10.1. The first-order valence-electron chi connectivity index (χ1n) is 10.4. The number of rotatable bonds is 9. The molecule has 3 aromatic rings. The smallest absolute Gasteiger partial charge is 0.243 e. The van der Waals surface area contributed by atoms with Crippen molar-refractivity contribution >= 4 is 21.4 Å². The Morgan fingerprint density at radius 1 is 1.06 bits per heavy atom. The Labute approximate surface area is 189 Å². The minimum atomic E-state index is -3.60. The number of hydrogen-bond donors (Lipinski definition) is 0. The van der Waals surface area contributed by atoms with Crippen LogP contribution in [0.3, 0.4) is 0 Å². The summed E-state index contributed by atoms with van der Waals surface area (Å²) in [6, 6.07) is 13.0. The maximum atomic E-state index is 13.2. The van der Waals surface area contributed by atoms with E-state index in [9.17, 15) is 8.42 Å². The molecule has 0 atom stereocenters. The Hall–Kier alpha value is -2.22. The standard InChI is InChI=1S/C24H30N2O3S2/c1-17(2)13-26(31(27,28)22-11-9-18(3)10-12-22)14-21-16-30-24(25-21)15-29-23-8-6-7-19(4)20(23)5/h6-12,16-17H,13-15H2,1-5H3. The molecule has 0 bridgehead atoms. The summed E-state index contributed by atoms with van der Waals surface area (Å²) in [4.78, 5) is 4.95. The lowest BCUT2D eigenvalue weighted by Gasteiger charge is -2.23. The van der Waals surface area contributed by atoms with Gasteiger partial charge in [0.15, 0.2) is 0 Å². The molecule has 5 nitrogen and oxygen atoms in total. The van der Waals surface area contributed by atoms with E-state index < -0.39 is 10.0 Å². The topological polar surface area (TPSA) is 59.5 Å². The number of hydrogen-bond acceptors (Lipinski definition) is 5. The van der Waals surface area contributed by atoms with Crippen LogP contribution in [-0.4, -0.2) is 24.3 Å². The van der Waals surface area contributed by atoms with Crippen LogP contribution in [0.4, 0.5) is 0 Å². The monoisotopic (exact) mass is 458 g/mol. The minimum absolute atomic E-state index is 0.200. The predicted octanol–water partition coefficient (Wildman–Crippen LogP) is 5.49. The van der Waals surface area contributed by atoms with Gasteiger partial charge in [0.2, 0.25) is 10.0 Å². The van der Waals surface area contributed by atoms with Crippen LogP contribution in [0.2, 0.25) is 0 Å². The van der Waals surface area contributed by atoms with Crippen LogP contribution < -0.4 is 4.74 Å². The van der Waals surface area contributed by atoms with Crippen molar-refractivity contribution in [3.8, 4) is 5.75 Å². The molecule has 2 aromatic carbocycles. The molecule has 0 spiro atoms. The van der Waals surface area contributed by atoms with Crippen LogP contribution in [0.15, 0.2) is 52.7 Å². The van der Waals surface area contributed by atoms with Crippen molar-refractivity contribution in [3.05, 3.63) is 75.2 Å². The summed E-state index contributed by atoms with van der Waals surface area (Å²) >= 11 is 1.49. The van der Waals surface area contributed by atoms with E-state index in [1.165, 1.54) is 21.2 Å². The number of nitrogens with zero attached hydrogens (tertiary/aromatic N) is 2. The van der Waals surface area contributed by atoms with Crippen molar-refractivity contribution in [2.45, 2.75) is 52.7 Å². The summed E-state index contributed by atoms with van der Waals surface area (Å²) in [5.41, 5.74) is 4.07. The lowest BCUT2D eigenvalue weighted by Crippen LogP contribution is -2.34. The summed E-state index contributed by atoms with van der Waals surface area (Å²) < 4.78 is 34.0. The molecule has 0 unspecified atom stereocenters. The van der Waals surface area contributed by atoms with Crippen LogP contribution in [0.25, 0.3) is 0 Å². The highest BCUT2D eigenvalue weighted by Gasteiger charge is 2.26. The summed E-state index contributed by atoms with van der Waals surface area (Å²) in [5.74, 6) is 1.05. The number of thiazole rings is 1. The van der Waals surface area contributed by atoms with Gasteiger partial charge in [0, 0.05) is 11.9 Å². The Morgan fingerprint density at radius 3 is 2.45 bits per heavy atom. The number of aromatic nitrogens is 1. The van der Waals surface area contributed by atoms with E-state index in [1.54, 1.807) is 12.1 Å². The molecular weight excluding hydrogens is 428 g/mol. The van der Waals surface area contributed by atoms with E-state index in [0.717, 1.165) is 27.6 Å². The molecule has 0 N–H and O–H groups in total. The number of sulfonamides is 1. The molecule has 3 rings (SSSR count). The van der Waals surface area contributed by atoms with Gasteiger partial charge in [-0.3, -0.25) is 0 Å². The van der Waals surface area contributed by atoms with Crippen LogP contribution in [0.5, 0.6) is 5.75 Å². The third-order valence-corrected chi connectivity index (χ3v) is 7.77. The van der Waals surface area contributed by atoms with Crippen LogP contribution in [0, 0.1) is 26.7 Å². The first kappa shape index (κ1) is 23.4. The zero-order valence-corrected chi connectivity index (χ0v) is 20.4. The van der Waals surface area contributed by atoms with Crippen LogP contribution >= 0.6 is 11.3 Å². The first-order chi connectivity index (χ1) is 14.7. The van der Waals surface area contributed by atoms with E-state index in [-0.39, 0.29) is 12.5 Å². The van der Waals surface area contributed by atoms with Crippen molar-refractivity contribution in [1.82, 2.24) is 9.29 Å². The highest BCUT2D eigenvalue weighted by atomic mass is 32.2. The maximum Gasteiger partial charge on any atom is 0.243 e. The summed E-state index contributed by atoms with van der Waals surface area (Å²) in [7, 11) is -3.60. The third-order valence-electron chi connectivity index (χ3n) is 5.07. The second kappa shape index (κ2) is 9.94. The van der Waals surface area contributed by atoms with E-state index in [1.807, 2.05) is 57.3 Å². The van der Waals surface area contributed by atoms with Gasteiger partial charge < -0.3 is 4.74 Å². The average Bonchev–Trinajstić information content (AvgIpc) is 3.16. The molecule has 0 fully saturated rings. The van der Waals surface area contributed by atoms with Gasteiger partial charge in [-0.15, -0.1) is 11.3 Å². The molecule has 0 saturated heterocycles. The molecule has 0 aliphatic carbocycles. The molecule has 31 heavy (non-hydrogen) atoms. The zero-order valence-electron chi connectivity index (χ0n) is 18.8. The largest absolute Gasteiger partial charge is 0.486 e. The van der Waals surface area contributed by atoms with Gasteiger partial charge in [0.1, 0.15) is 17.4 Å². The highest BCUT2D eigenvalue weighted by molar-refractivity contribution is 7.89. The van der Waals surface area contributed by atoms with E-state index in [0.29, 0.717) is 18.0 Å². The van der Waals surface area contributed by atoms with Gasteiger partial charge >= 0.3 is 0 Å². The summed E-state index contributed by atoms with van der Waals surface area (Å²) in [6.45, 7) is 11.1. The Bertz CT molecular complexity index is 1120. The fourth-order valence-electron chi connectivity index (χ4n) is 3.20. The van der Waals surface area contributed by atoms with Crippen molar-refractivity contribution in [2.75, 3.05) is 6.54 Å². The van der Waals surface area contributed by atoms with E-state index in [4.69, 9.17) is 4.74 Å². The molecule has 0 aliphatic rings. The molecular formula is C24H30N2O3S2. The predicted molar refractivity (Wildman–Crippen MR) is 126 cm³/mol. The second-order valence-corrected chi connectivity index (χ2v) is 11.1. The normalized spacial score (nSPS) is 12.0. The Kier molecular flexibility index (Phi) is 7.51. The summed E-state index contributed by atoms with van der Waals surface area (Å²) in [6.07, 6.45) is 0. The van der Waals surface area contributed by atoms with Gasteiger partial charge in [0.25, 0.3) is 0 Å². The van der Waals surface area contributed by atoms with E-state index >= 15 is 0 Å². The number of aryl methyl sites for hydroxylation is 2. The molecule has 7 heteroatoms. The molecule has 0 radical (unpaired) electrons. The van der Waals surface area contributed by atoms with Gasteiger partial charge in [-0.05, 0) is 56.0 Å². The van der Waals surface area contributed by atoms with Gasteiger partial charge in [-0.2, -0.15) is 4.31 Å². The lowest BCUT2D eigenvalue weighted by molar-refractivity contribution is 0.302. The molecule has 0 saturated carbocycles. The average molecular weight is 459 g/mol. The SMILES string of the molecule is Cc1ccc(S(=O)(=O)N(Cc2csc(COc3cccc(C)c3C)n2)CC(C)C)cc1. The number of ether oxygens (including phenoxy) is 1. The number of benzene rings is 2. The Balaban J connectivity index is 1.74. The van der Waals surface area contributed by atoms with Crippen molar-refractivity contribution in [3.63, 3.8) is 0 Å². The van der Waals surface area contributed by atoms with Crippen LogP contribution in [-0.2, 0) is 23.2 Å². The Morgan fingerprint density at radius 2 is 1.77 bits per heavy atom. The zero-order chi connectivity index (χ0) is 22.6. The molecule has 0 aliphatic heterocycles. The van der Waals surface area contributed by atoms with Gasteiger partial charge in [-0.25, -0.2) is 13.4 Å². The maximum absolute atomic E-state index is 13.2.